The van der Waals surface area contributed by atoms with Crippen molar-refractivity contribution < 1.29 is 9.53 Å². The molecule has 19 heavy (non-hydrogen) atoms. The number of hydrogen-bond donors (Lipinski definition) is 2. The molecule has 0 spiro atoms. The zero-order valence-electron chi connectivity index (χ0n) is 10.7. The Bertz CT molecular complexity index is 535. The first-order valence-corrected chi connectivity index (χ1v) is 7.72. The molecule has 1 fully saturated rings. The van der Waals surface area contributed by atoms with Crippen molar-refractivity contribution in [2.75, 3.05) is 12.4 Å². The monoisotopic (exact) mass is 296 g/mol. The van der Waals surface area contributed by atoms with Gasteiger partial charge in [-0.25, -0.2) is 4.79 Å². The fraction of sp³-hybridized carbons (Fsp3) is 0.538. The molecule has 1 aromatic heterocycles. The summed E-state index contributed by atoms with van der Waals surface area (Å²) < 4.78 is 4.90. The maximum atomic E-state index is 12.0. The van der Waals surface area contributed by atoms with Gasteiger partial charge >= 0.3 is 5.97 Å². The van der Waals surface area contributed by atoms with Gasteiger partial charge < -0.3 is 15.4 Å². The molecule has 0 amide bonds. The summed E-state index contributed by atoms with van der Waals surface area (Å²) >= 11 is 6.90. The smallest absolute Gasteiger partial charge is 0.341 e. The van der Waals surface area contributed by atoms with Crippen LogP contribution in [0.1, 0.15) is 40.1 Å². The van der Waals surface area contributed by atoms with E-state index in [0.29, 0.717) is 16.7 Å². The summed E-state index contributed by atoms with van der Waals surface area (Å²) in [5, 5.41) is 7.82. The van der Waals surface area contributed by atoms with E-state index in [1.165, 1.54) is 24.8 Å². The van der Waals surface area contributed by atoms with E-state index in [2.05, 4.69) is 10.6 Å². The molecule has 0 radical (unpaired) electrons. The zero-order chi connectivity index (χ0) is 13.4. The van der Waals surface area contributed by atoms with E-state index in [4.69, 9.17) is 17.0 Å². The number of rotatable bonds is 3. The fourth-order valence-electron chi connectivity index (χ4n) is 2.36. The van der Waals surface area contributed by atoms with Crippen LogP contribution in [0, 0.1) is 0 Å². The Labute approximate surface area is 121 Å². The van der Waals surface area contributed by atoms with E-state index < -0.39 is 0 Å². The highest BCUT2D eigenvalue weighted by molar-refractivity contribution is 7.80. The Morgan fingerprint density at radius 1 is 1.42 bits per heavy atom. The van der Waals surface area contributed by atoms with Gasteiger partial charge in [0.15, 0.2) is 5.11 Å². The number of thiophene rings is 1. The predicted molar refractivity (Wildman–Crippen MR) is 80.1 cm³/mol. The van der Waals surface area contributed by atoms with Gasteiger partial charge in [0.1, 0.15) is 5.00 Å². The van der Waals surface area contributed by atoms with E-state index in [0.717, 1.165) is 29.8 Å². The highest BCUT2D eigenvalue weighted by atomic mass is 32.1. The highest BCUT2D eigenvalue weighted by Gasteiger charge is 2.28. The molecule has 2 N–H and O–H groups in total. The van der Waals surface area contributed by atoms with E-state index >= 15 is 0 Å². The van der Waals surface area contributed by atoms with Crippen molar-refractivity contribution in [2.45, 2.75) is 38.1 Å². The van der Waals surface area contributed by atoms with Gasteiger partial charge in [0.2, 0.25) is 0 Å². The Morgan fingerprint density at radius 3 is 2.89 bits per heavy atom. The van der Waals surface area contributed by atoms with E-state index in [9.17, 15) is 4.79 Å². The lowest BCUT2D eigenvalue weighted by Crippen LogP contribution is -2.30. The first-order valence-electron chi connectivity index (χ1n) is 6.49. The van der Waals surface area contributed by atoms with Crippen molar-refractivity contribution >= 4 is 39.6 Å². The van der Waals surface area contributed by atoms with Gasteiger partial charge in [-0.3, -0.25) is 0 Å². The number of nitrogens with one attached hydrogen (secondary N) is 2. The van der Waals surface area contributed by atoms with Gasteiger partial charge in [0, 0.05) is 10.9 Å². The number of carbonyl (C=O) groups is 1. The number of carbonyl (C=O) groups excluding carboxylic acids is 1. The quantitative estimate of drug-likeness (QED) is 0.663. The molecule has 3 rings (SSSR count). The molecule has 102 valence electrons. The number of thiocarbonyl (C=S) groups is 1. The van der Waals surface area contributed by atoms with Crippen molar-refractivity contribution in [2.24, 2.45) is 0 Å². The minimum absolute atomic E-state index is 0.267. The van der Waals surface area contributed by atoms with Crippen LogP contribution in [0.2, 0.25) is 0 Å². The highest BCUT2D eigenvalue weighted by Crippen LogP contribution is 2.39. The Hall–Kier alpha value is -1.14. The number of hydrogen-bond acceptors (Lipinski definition) is 4. The summed E-state index contributed by atoms with van der Waals surface area (Å²) in [4.78, 5) is 13.2. The summed E-state index contributed by atoms with van der Waals surface area (Å²) in [6.45, 7) is 0. The SMILES string of the molecule is COC(=O)c1c(NC(=S)NC2CC2)sc2c1CCC2. The van der Waals surface area contributed by atoms with Crippen LogP contribution in [0.15, 0.2) is 0 Å². The van der Waals surface area contributed by atoms with Gasteiger partial charge in [-0.2, -0.15) is 0 Å². The standard InChI is InChI=1S/C13H16N2O2S2/c1-17-12(16)10-8-3-2-4-9(8)19-11(10)15-13(18)14-7-5-6-7/h7H,2-6H2,1H3,(H2,14,15,18). The molecule has 1 saturated carbocycles. The van der Waals surface area contributed by atoms with Crippen LogP contribution in [-0.4, -0.2) is 24.2 Å². The minimum atomic E-state index is -0.267. The third-order valence-electron chi connectivity index (χ3n) is 3.45. The normalized spacial score (nSPS) is 16.9. The molecular formula is C13H16N2O2S2. The first kappa shape index (κ1) is 12.9. The first-order chi connectivity index (χ1) is 9.19. The molecule has 0 bridgehead atoms. The van der Waals surface area contributed by atoms with Gasteiger partial charge in [-0.15, -0.1) is 11.3 Å². The molecule has 4 nitrogen and oxygen atoms in total. The number of ether oxygens (including phenoxy) is 1. The largest absolute Gasteiger partial charge is 0.465 e. The maximum Gasteiger partial charge on any atom is 0.341 e. The van der Waals surface area contributed by atoms with Crippen LogP contribution in [0.3, 0.4) is 0 Å². The lowest BCUT2D eigenvalue weighted by Gasteiger charge is -2.10. The second kappa shape index (κ2) is 5.09. The Kier molecular flexibility index (Phi) is 3.45. The average molecular weight is 296 g/mol. The van der Waals surface area contributed by atoms with Crippen molar-refractivity contribution in [3.05, 3.63) is 16.0 Å². The van der Waals surface area contributed by atoms with Crippen molar-refractivity contribution in [3.8, 4) is 0 Å². The van der Waals surface area contributed by atoms with Crippen LogP contribution in [0.5, 0.6) is 0 Å². The van der Waals surface area contributed by atoms with E-state index in [-0.39, 0.29) is 5.97 Å². The molecule has 0 aromatic carbocycles. The Morgan fingerprint density at radius 2 is 2.21 bits per heavy atom. The number of fused-ring (bicyclic) bond motifs is 1. The van der Waals surface area contributed by atoms with Crippen molar-refractivity contribution in [1.82, 2.24) is 5.32 Å². The molecule has 6 heteroatoms. The van der Waals surface area contributed by atoms with Crippen LogP contribution in [-0.2, 0) is 17.6 Å². The Balaban J connectivity index is 1.83. The third-order valence-corrected chi connectivity index (χ3v) is 4.88. The summed E-state index contributed by atoms with van der Waals surface area (Å²) in [6, 6.07) is 0.508. The van der Waals surface area contributed by atoms with E-state index in [1.807, 2.05) is 0 Å². The van der Waals surface area contributed by atoms with Gasteiger partial charge in [0.25, 0.3) is 0 Å². The van der Waals surface area contributed by atoms with Crippen molar-refractivity contribution in [1.29, 1.82) is 0 Å². The second-order valence-electron chi connectivity index (χ2n) is 4.93. The maximum absolute atomic E-state index is 12.0. The fourth-order valence-corrected chi connectivity index (χ4v) is 3.98. The molecule has 1 aromatic rings. The predicted octanol–water partition coefficient (Wildman–Crippen LogP) is 2.47. The van der Waals surface area contributed by atoms with Crippen LogP contribution in [0.4, 0.5) is 5.00 Å². The minimum Gasteiger partial charge on any atom is -0.465 e. The number of anilines is 1. The molecule has 1 heterocycles. The zero-order valence-corrected chi connectivity index (χ0v) is 12.4. The van der Waals surface area contributed by atoms with Crippen LogP contribution >= 0.6 is 23.6 Å². The summed E-state index contributed by atoms with van der Waals surface area (Å²) in [6.07, 6.45) is 5.48. The molecule has 0 aliphatic heterocycles. The number of methoxy groups -OCH3 is 1. The molecular weight excluding hydrogens is 280 g/mol. The lowest BCUT2D eigenvalue weighted by molar-refractivity contribution is 0.0601. The summed E-state index contributed by atoms with van der Waals surface area (Å²) in [5.41, 5.74) is 1.83. The van der Waals surface area contributed by atoms with Crippen LogP contribution < -0.4 is 10.6 Å². The molecule has 2 aliphatic rings. The number of aryl methyl sites for hydroxylation is 1. The molecule has 0 saturated heterocycles. The topological polar surface area (TPSA) is 50.4 Å². The lowest BCUT2D eigenvalue weighted by atomic mass is 10.1. The van der Waals surface area contributed by atoms with Crippen LogP contribution in [0.25, 0.3) is 0 Å². The third kappa shape index (κ3) is 2.60. The van der Waals surface area contributed by atoms with Gasteiger partial charge in [0.05, 0.1) is 12.7 Å². The van der Waals surface area contributed by atoms with Crippen molar-refractivity contribution in [3.63, 3.8) is 0 Å². The molecule has 0 atom stereocenters. The average Bonchev–Trinajstić information content (AvgIpc) is 2.95. The summed E-state index contributed by atoms with van der Waals surface area (Å²) in [5.74, 6) is -0.267. The van der Waals surface area contributed by atoms with Gasteiger partial charge in [-0.1, -0.05) is 0 Å². The number of esters is 1. The van der Waals surface area contributed by atoms with E-state index in [1.54, 1.807) is 11.3 Å². The molecule has 2 aliphatic carbocycles. The second-order valence-corrected chi connectivity index (χ2v) is 6.44. The molecule has 0 unspecified atom stereocenters. The summed E-state index contributed by atoms with van der Waals surface area (Å²) in [7, 11) is 1.42. The van der Waals surface area contributed by atoms with Gasteiger partial charge in [-0.05, 0) is 49.9 Å².